The lowest BCUT2D eigenvalue weighted by atomic mass is 10.1. The first-order valence-corrected chi connectivity index (χ1v) is 9.12. The third-order valence-corrected chi connectivity index (χ3v) is 4.96. The van der Waals surface area contributed by atoms with Crippen molar-refractivity contribution < 1.29 is 4.79 Å². The normalized spacial score (nSPS) is 16.6. The zero-order chi connectivity index (χ0) is 17.5. The van der Waals surface area contributed by atoms with Gasteiger partial charge in [0.1, 0.15) is 11.6 Å². The van der Waals surface area contributed by atoms with Crippen molar-refractivity contribution >= 4 is 11.7 Å². The molecule has 2 aliphatic carbocycles. The van der Waals surface area contributed by atoms with Crippen LogP contribution in [0.4, 0.5) is 5.82 Å². The predicted octanol–water partition coefficient (Wildman–Crippen LogP) is 3.21. The topological polar surface area (TPSA) is 88.5 Å². The molecule has 7 nitrogen and oxygen atoms in total. The summed E-state index contributed by atoms with van der Waals surface area (Å²) in [4.78, 5) is 17.1. The maximum atomic E-state index is 12.5. The van der Waals surface area contributed by atoms with Gasteiger partial charge in [-0.15, -0.1) is 0 Å². The van der Waals surface area contributed by atoms with E-state index in [4.69, 9.17) is 0 Å². The maximum Gasteiger partial charge on any atom is 0.256 e. The molecular weight excluding hydrogens is 328 g/mol. The summed E-state index contributed by atoms with van der Waals surface area (Å²) in [6, 6.07) is 9.22. The van der Waals surface area contributed by atoms with Gasteiger partial charge in [0, 0.05) is 29.7 Å². The third-order valence-electron chi connectivity index (χ3n) is 4.96. The molecule has 0 unspecified atom stereocenters. The Bertz CT molecular complexity index is 933. The van der Waals surface area contributed by atoms with Gasteiger partial charge in [-0.1, -0.05) is 12.1 Å². The van der Waals surface area contributed by atoms with Gasteiger partial charge in [-0.25, -0.2) is 9.67 Å². The van der Waals surface area contributed by atoms with Crippen LogP contribution in [0.15, 0.2) is 36.5 Å². The molecule has 0 bridgehead atoms. The lowest BCUT2D eigenvalue weighted by Crippen LogP contribution is -2.16. The number of H-pyrrole nitrogens is 1. The van der Waals surface area contributed by atoms with E-state index in [1.54, 1.807) is 18.3 Å². The summed E-state index contributed by atoms with van der Waals surface area (Å²) in [5.41, 5.74) is 1.51. The fraction of sp³-hybridized carbons (Fsp3) is 0.368. The molecule has 2 heterocycles. The molecule has 2 saturated carbocycles. The molecule has 0 spiro atoms. The van der Waals surface area contributed by atoms with Crippen LogP contribution in [0.25, 0.3) is 11.4 Å². The highest BCUT2D eigenvalue weighted by molar-refractivity contribution is 6.04. The second kappa shape index (κ2) is 6.09. The van der Waals surface area contributed by atoms with Crippen LogP contribution >= 0.6 is 0 Å². The van der Waals surface area contributed by atoms with Crippen molar-refractivity contribution in [3.63, 3.8) is 0 Å². The first kappa shape index (κ1) is 15.3. The van der Waals surface area contributed by atoms with Gasteiger partial charge in [-0.05, 0) is 43.7 Å². The number of anilines is 1. The molecule has 2 N–H and O–H groups in total. The zero-order valence-corrected chi connectivity index (χ0v) is 14.4. The number of aromatic amines is 1. The van der Waals surface area contributed by atoms with Crippen LogP contribution in [0, 0.1) is 5.92 Å². The minimum absolute atomic E-state index is 0.136. The second-order valence-corrected chi connectivity index (χ2v) is 7.19. The molecule has 5 rings (SSSR count). The van der Waals surface area contributed by atoms with E-state index in [1.807, 2.05) is 22.9 Å². The number of aromatic nitrogens is 5. The molecule has 7 heteroatoms. The highest BCUT2D eigenvalue weighted by Gasteiger charge is 2.27. The number of hydrogen-bond donors (Lipinski definition) is 2. The zero-order valence-electron chi connectivity index (χ0n) is 14.4. The molecule has 1 amide bonds. The van der Waals surface area contributed by atoms with E-state index in [-0.39, 0.29) is 5.91 Å². The van der Waals surface area contributed by atoms with E-state index in [9.17, 15) is 4.79 Å². The van der Waals surface area contributed by atoms with Crippen LogP contribution in [0.1, 0.15) is 47.8 Å². The SMILES string of the molecule is O=C(Nc1ccnn1CC1CC1)c1ccc(-c2n[nH]c(C3CC3)n2)cc1. The minimum atomic E-state index is -0.136. The van der Waals surface area contributed by atoms with E-state index in [0.29, 0.717) is 23.2 Å². The molecule has 2 aliphatic rings. The average Bonchev–Trinajstić information content (AvgIpc) is 3.58. The summed E-state index contributed by atoms with van der Waals surface area (Å²) in [5.74, 6) is 3.50. The van der Waals surface area contributed by atoms with Gasteiger partial charge in [-0.2, -0.15) is 10.2 Å². The molecule has 2 aromatic heterocycles. The molecular formula is C19H20N6O. The predicted molar refractivity (Wildman–Crippen MR) is 96.7 cm³/mol. The van der Waals surface area contributed by atoms with Crippen LogP contribution < -0.4 is 5.32 Å². The van der Waals surface area contributed by atoms with E-state index < -0.39 is 0 Å². The van der Waals surface area contributed by atoms with Crippen molar-refractivity contribution in [3.05, 3.63) is 47.9 Å². The van der Waals surface area contributed by atoms with Crippen molar-refractivity contribution in [1.29, 1.82) is 0 Å². The lowest BCUT2D eigenvalue weighted by Gasteiger charge is -2.08. The van der Waals surface area contributed by atoms with E-state index in [1.165, 1.54) is 25.7 Å². The summed E-state index contributed by atoms with van der Waals surface area (Å²) in [6.45, 7) is 0.871. The molecule has 0 atom stereocenters. The highest BCUT2D eigenvalue weighted by atomic mass is 16.1. The average molecular weight is 348 g/mol. The molecule has 0 saturated heterocycles. The Hall–Kier alpha value is -2.96. The Morgan fingerprint density at radius 3 is 2.69 bits per heavy atom. The van der Waals surface area contributed by atoms with E-state index >= 15 is 0 Å². The molecule has 2 fully saturated rings. The molecule has 1 aromatic carbocycles. The van der Waals surface area contributed by atoms with Gasteiger partial charge >= 0.3 is 0 Å². The smallest absolute Gasteiger partial charge is 0.256 e. The van der Waals surface area contributed by atoms with Crippen molar-refractivity contribution in [3.8, 4) is 11.4 Å². The Morgan fingerprint density at radius 2 is 1.96 bits per heavy atom. The quantitative estimate of drug-likeness (QED) is 0.716. The van der Waals surface area contributed by atoms with Gasteiger partial charge in [0.2, 0.25) is 0 Å². The highest BCUT2D eigenvalue weighted by Crippen LogP contribution is 2.38. The standard InChI is InChI=1S/C19H20N6O/c26-19(21-16-9-10-20-25(16)11-12-1-2-12)15-7-5-14(6-8-15)18-22-17(23-24-18)13-3-4-13/h5-10,12-13H,1-4,11H2,(H,21,26)(H,22,23,24). The Balaban J connectivity index is 1.28. The second-order valence-electron chi connectivity index (χ2n) is 7.19. The summed E-state index contributed by atoms with van der Waals surface area (Å²) in [7, 11) is 0. The van der Waals surface area contributed by atoms with Crippen molar-refractivity contribution in [2.24, 2.45) is 5.92 Å². The van der Waals surface area contributed by atoms with Crippen LogP contribution in [-0.4, -0.2) is 30.9 Å². The van der Waals surface area contributed by atoms with Gasteiger partial charge in [-0.3, -0.25) is 9.89 Å². The molecule has 0 radical (unpaired) electrons. The first-order chi connectivity index (χ1) is 12.8. The number of nitrogens with zero attached hydrogens (tertiary/aromatic N) is 4. The largest absolute Gasteiger partial charge is 0.307 e. The molecule has 3 aromatic rings. The minimum Gasteiger partial charge on any atom is -0.307 e. The summed E-state index contributed by atoms with van der Waals surface area (Å²) < 4.78 is 1.87. The van der Waals surface area contributed by atoms with Gasteiger partial charge in [0.15, 0.2) is 5.82 Å². The number of benzene rings is 1. The lowest BCUT2D eigenvalue weighted by molar-refractivity contribution is 0.102. The molecule has 26 heavy (non-hydrogen) atoms. The summed E-state index contributed by atoms with van der Waals surface area (Å²) >= 11 is 0. The maximum absolute atomic E-state index is 12.5. The number of amides is 1. The van der Waals surface area contributed by atoms with Gasteiger partial charge in [0.25, 0.3) is 5.91 Å². The fourth-order valence-electron chi connectivity index (χ4n) is 3.03. The van der Waals surface area contributed by atoms with Gasteiger partial charge < -0.3 is 5.32 Å². The number of carbonyl (C=O) groups excluding carboxylic acids is 1. The van der Waals surface area contributed by atoms with Crippen molar-refractivity contribution in [1.82, 2.24) is 25.0 Å². The van der Waals surface area contributed by atoms with Crippen molar-refractivity contribution in [2.75, 3.05) is 5.32 Å². The molecule has 132 valence electrons. The third kappa shape index (κ3) is 3.12. The van der Waals surface area contributed by atoms with Crippen molar-refractivity contribution in [2.45, 2.75) is 38.1 Å². The number of nitrogens with one attached hydrogen (secondary N) is 2. The Kier molecular flexibility index (Phi) is 3.58. The first-order valence-electron chi connectivity index (χ1n) is 9.12. The van der Waals surface area contributed by atoms with E-state index in [2.05, 4.69) is 25.6 Å². The monoisotopic (exact) mass is 348 g/mol. The summed E-state index contributed by atoms with van der Waals surface area (Å²) in [5, 5.41) is 14.5. The van der Waals surface area contributed by atoms with Crippen LogP contribution in [0.5, 0.6) is 0 Å². The van der Waals surface area contributed by atoms with Crippen LogP contribution in [-0.2, 0) is 6.54 Å². The molecule has 0 aliphatic heterocycles. The van der Waals surface area contributed by atoms with E-state index in [0.717, 1.165) is 23.8 Å². The number of hydrogen-bond acceptors (Lipinski definition) is 4. The fourth-order valence-corrected chi connectivity index (χ4v) is 3.03. The summed E-state index contributed by atoms with van der Waals surface area (Å²) in [6.07, 6.45) is 6.59. The Morgan fingerprint density at radius 1 is 1.15 bits per heavy atom. The van der Waals surface area contributed by atoms with Crippen LogP contribution in [0.2, 0.25) is 0 Å². The van der Waals surface area contributed by atoms with Crippen LogP contribution in [0.3, 0.4) is 0 Å². The van der Waals surface area contributed by atoms with Gasteiger partial charge in [0.05, 0.1) is 6.20 Å². The Labute approximate surface area is 150 Å². The number of rotatable bonds is 6. The number of carbonyl (C=O) groups is 1.